The third-order valence-corrected chi connectivity index (χ3v) is 10.4. The molecule has 1 atom stereocenters. The van der Waals surface area contributed by atoms with E-state index < -0.39 is 23.1 Å². The van der Waals surface area contributed by atoms with Gasteiger partial charge in [0.1, 0.15) is 22.8 Å². The van der Waals surface area contributed by atoms with Crippen molar-refractivity contribution in [2.24, 2.45) is 5.92 Å². The van der Waals surface area contributed by atoms with Crippen LogP contribution in [0.25, 0.3) is 0 Å². The van der Waals surface area contributed by atoms with E-state index in [9.17, 15) is 14.4 Å². The summed E-state index contributed by atoms with van der Waals surface area (Å²) < 4.78 is 40.4. The summed E-state index contributed by atoms with van der Waals surface area (Å²) in [5.74, 6) is 0.140. The van der Waals surface area contributed by atoms with E-state index in [1.165, 1.54) is 13.2 Å². The molecule has 0 aliphatic carbocycles. The van der Waals surface area contributed by atoms with Gasteiger partial charge in [0.15, 0.2) is 12.4 Å². The van der Waals surface area contributed by atoms with Gasteiger partial charge >= 0.3 is 11.9 Å². The maximum absolute atomic E-state index is 13.7. The van der Waals surface area contributed by atoms with Crippen LogP contribution in [0.15, 0.2) is 42.5 Å². The molecule has 1 amide bonds. The Balaban J connectivity index is 1.17. The molecule has 1 fully saturated rings. The number of fused-ring (bicyclic) bond motifs is 6. The molecular formula is C41H47Cl3N2O10. The lowest BCUT2D eigenvalue weighted by Gasteiger charge is -2.42. The lowest BCUT2D eigenvalue weighted by molar-refractivity contribution is -0.126. The molecule has 1 spiro atoms. The normalized spacial score (nSPS) is 17.1. The Morgan fingerprint density at radius 3 is 2.30 bits per heavy atom. The topological polar surface area (TPSA) is 131 Å². The minimum absolute atomic E-state index is 0.0622. The number of rotatable bonds is 18. The van der Waals surface area contributed by atoms with Crippen LogP contribution in [0.2, 0.25) is 10.0 Å². The largest absolute Gasteiger partial charge is 0.466 e. The quantitative estimate of drug-likeness (QED) is 0.0581. The molecular weight excluding hydrogens is 787 g/mol. The van der Waals surface area contributed by atoms with Crippen LogP contribution in [0, 0.1) is 5.92 Å². The molecule has 1 N–H and O–H groups in total. The SMILES string of the molecule is COCOc1cc2c(cc1Cl)C1(OC(=O)c3cc(C(=O)OC(C)(C)C)ccc31)c1cc(Cl)c(N3CC(C(=O)NCCOCCOCCCCCCCl)C3)cc1O2. The smallest absolute Gasteiger partial charge is 0.340 e. The van der Waals surface area contributed by atoms with Gasteiger partial charge < -0.3 is 43.4 Å². The number of alkyl halides is 1. The molecule has 15 heteroatoms. The fourth-order valence-corrected chi connectivity index (χ4v) is 7.57. The number of anilines is 1. The lowest BCUT2D eigenvalue weighted by atomic mass is 9.77. The van der Waals surface area contributed by atoms with Crippen LogP contribution in [-0.2, 0) is 34.1 Å². The molecule has 56 heavy (non-hydrogen) atoms. The summed E-state index contributed by atoms with van der Waals surface area (Å²) in [6.45, 7) is 8.56. The summed E-state index contributed by atoms with van der Waals surface area (Å²) in [4.78, 5) is 41.7. The minimum Gasteiger partial charge on any atom is -0.466 e. The maximum atomic E-state index is 13.7. The molecule has 3 aliphatic heterocycles. The van der Waals surface area contributed by atoms with Crippen molar-refractivity contribution < 1.29 is 47.5 Å². The first-order valence-electron chi connectivity index (χ1n) is 18.7. The van der Waals surface area contributed by atoms with Gasteiger partial charge in [0.2, 0.25) is 5.91 Å². The zero-order valence-corrected chi connectivity index (χ0v) is 34.2. The Morgan fingerprint density at radius 1 is 0.893 bits per heavy atom. The number of amides is 1. The van der Waals surface area contributed by atoms with E-state index in [4.69, 9.17) is 68.0 Å². The Bertz CT molecular complexity index is 1930. The summed E-state index contributed by atoms with van der Waals surface area (Å²) in [5, 5.41) is 3.54. The van der Waals surface area contributed by atoms with Crippen molar-refractivity contribution in [3.63, 3.8) is 0 Å². The summed E-state index contributed by atoms with van der Waals surface area (Å²) in [5.41, 5.74) is 0.115. The molecule has 6 rings (SSSR count). The summed E-state index contributed by atoms with van der Waals surface area (Å²) in [7, 11) is 1.49. The van der Waals surface area contributed by atoms with Gasteiger partial charge in [0.05, 0.1) is 52.6 Å². The molecule has 1 saturated heterocycles. The van der Waals surface area contributed by atoms with Crippen molar-refractivity contribution >= 4 is 58.3 Å². The van der Waals surface area contributed by atoms with E-state index in [0.29, 0.717) is 96.6 Å². The van der Waals surface area contributed by atoms with E-state index in [1.807, 2.05) is 4.90 Å². The number of unbranched alkanes of at least 4 members (excludes halogenated alkanes) is 3. The van der Waals surface area contributed by atoms with Gasteiger partial charge in [-0.25, -0.2) is 9.59 Å². The number of hydrogen-bond acceptors (Lipinski definition) is 11. The Kier molecular flexibility index (Phi) is 13.6. The second-order valence-electron chi connectivity index (χ2n) is 14.8. The Hall–Kier alpha value is -3.78. The van der Waals surface area contributed by atoms with Crippen molar-refractivity contribution in [1.29, 1.82) is 0 Å². The molecule has 0 saturated carbocycles. The van der Waals surface area contributed by atoms with Crippen molar-refractivity contribution in [2.45, 2.75) is 57.7 Å². The number of nitrogens with zero attached hydrogens (tertiary/aromatic N) is 1. The third-order valence-electron chi connectivity index (χ3n) is 9.58. The average molecular weight is 834 g/mol. The molecule has 302 valence electrons. The van der Waals surface area contributed by atoms with Gasteiger partial charge in [-0.1, -0.05) is 42.1 Å². The van der Waals surface area contributed by atoms with Crippen LogP contribution >= 0.6 is 34.8 Å². The molecule has 3 heterocycles. The van der Waals surface area contributed by atoms with Crippen LogP contribution in [0.3, 0.4) is 0 Å². The number of hydrogen-bond donors (Lipinski definition) is 1. The van der Waals surface area contributed by atoms with Gasteiger partial charge in [0.25, 0.3) is 0 Å². The van der Waals surface area contributed by atoms with E-state index in [2.05, 4.69) is 5.32 Å². The fourth-order valence-electron chi connectivity index (χ4n) is 6.87. The number of carbonyl (C=O) groups is 3. The van der Waals surface area contributed by atoms with Crippen molar-refractivity contribution in [3.8, 4) is 17.2 Å². The number of ether oxygens (including phenoxy) is 7. The first kappa shape index (κ1) is 41.8. The minimum atomic E-state index is -1.54. The van der Waals surface area contributed by atoms with Crippen molar-refractivity contribution in [1.82, 2.24) is 5.32 Å². The van der Waals surface area contributed by atoms with E-state index >= 15 is 0 Å². The number of nitrogens with one attached hydrogen (secondary N) is 1. The van der Waals surface area contributed by atoms with Gasteiger partial charge in [-0.2, -0.15) is 0 Å². The van der Waals surface area contributed by atoms with E-state index in [-0.39, 0.29) is 34.8 Å². The summed E-state index contributed by atoms with van der Waals surface area (Å²) in [6, 6.07) is 11.5. The molecule has 3 aromatic rings. The van der Waals surface area contributed by atoms with Crippen molar-refractivity contribution in [2.75, 3.05) is 70.7 Å². The predicted octanol–water partition coefficient (Wildman–Crippen LogP) is 7.88. The molecule has 3 aliphatic rings. The molecule has 3 aromatic carbocycles. The molecule has 0 aromatic heterocycles. The molecule has 0 radical (unpaired) electrons. The number of esters is 2. The van der Waals surface area contributed by atoms with Gasteiger partial charge in [-0.15, -0.1) is 11.6 Å². The Labute approximate surface area is 341 Å². The zero-order valence-electron chi connectivity index (χ0n) is 32.0. The van der Waals surface area contributed by atoms with Crippen molar-refractivity contribution in [3.05, 3.63) is 80.3 Å². The van der Waals surface area contributed by atoms with E-state index in [1.54, 1.807) is 57.2 Å². The Morgan fingerprint density at radius 2 is 1.59 bits per heavy atom. The number of methoxy groups -OCH3 is 1. The van der Waals surface area contributed by atoms with Gasteiger partial charge in [0, 0.05) is 68.1 Å². The second kappa shape index (κ2) is 18.2. The van der Waals surface area contributed by atoms with Crippen LogP contribution in [0.4, 0.5) is 5.69 Å². The highest BCUT2D eigenvalue weighted by Crippen LogP contribution is 2.59. The van der Waals surface area contributed by atoms with Gasteiger partial charge in [-0.05, 0) is 57.9 Å². The summed E-state index contributed by atoms with van der Waals surface area (Å²) in [6.07, 6.45) is 4.26. The van der Waals surface area contributed by atoms with Crippen LogP contribution in [0.5, 0.6) is 17.2 Å². The van der Waals surface area contributed by atoms with Crippen LogP contribution < -0.4 is 19.7 Å². The average Bonchev–Trinajstić information content (AvgIpc) is 3.42. The number of halogens is 3. The first-order chi connectivity index (χ1) is 26.9. The predicted molar refractivity (Wildman–Crippen MR) is 212 cm³/mol. The van der Waals surface area contributed by atoms with Gasteiger partial charge in [-0.3, -0.25) is 4.79 Å². The highest BCUT2D eigenvalue weighted by Gasteiger charge is 2.54. The van der Waals surface area contributed by atoms with E-state index in [0.717, 1.165) is 25.7 Å². The molecule has 0 bridgehead atoms. The maximum Gasteiger partial charge on any atom is 0.340 e. The standard InChI is InChI=1S/C41H47Cl3N2O10/c1-40(2,3)55-38(48)25-9-10-28-27(17-25)39(49)56-41(28)29-18-31(43)33(20-34(29)54-35-21-36(53-24-50-4)32(44)19-30(35)41)46-22-26(23-46)37(47)45-12-14-52-16-15-51-13-8-6-5-7-11-42/h9-10,17-21,26H,5-8,11-16,22-24H2,1-4H3,(H,45,47). The number of carbonyl (C=O) groups excluding carboxylic acids is 3. The molecule has 12 nitrogen and oxygen atoms in total. The second-order valence-corrected chi connectivity index (χ2v) is 16.0. The zero-order chi connectivity index (χ0) is 40.0. The monoisotopic (exact) mass is 832 g/mol. The summed E-state index contributed by atoms with van der Waals surface area (Å²) >= 11 is 19.4. The highest BCUT2D eigenvalue weighted by molar-refractivity contribution is 6.33. The molecule has 1 unspecified atom stereocenters. The van der Waals surface area contributed by atoms with Crippen LogP contribution in [0.1, 0.15) is 83.9 Å². The first-order valence-corrected chi connectivity index (χ1v) is 20.0. The van der Waals surface area contributed by atoms with Crippen LogP contribution in [-0.4, -0.2) is 89.3 Å². The number of benzene rings is 3. The third kappa shape index (κ3) is 9.16. The fraction of sp³-hybridized carbons (Fsp3) is 0.488. The highest BCUT2D eigenvalue weighted by atomic mass is 35.5. The lowest BCUT2D eigenvalue weighted by Crippen LogP contribution is -2.54.